The van der Waals surface area contributed by atoms with Gasteiger partial charge in [-0.15, -0.1) is 0 Å². The Labute approximate surface area is 169 Å². The van der Waals surface area contributed by atoms with Crippen molar-refractivity contribution < 1.29 is 12.6 Å². The topological polar surface area (TPSA) is 43.4 Å². The van der Waals surface area contributed by atoms with Crippen molar-refractivity contribution in [2.75, 3.05) is 12.4 Å². The molecule has 0 aromatic heterocycles. The molecule has 0 amide bonds. The van der Waals surface area contributed by atoms with Crippen molar-refractivity contribution in [2.45, 2.75) is 97.3 Å². The maximum absolute atomic E-state index is 11.5. The second kappa shape index (κ2) is 18.5. The third-order valence-electron chi connectivity index (χ3n) is 3.76. The molecule has 0 N–H and O–H groups in total. The van der Waals surface area contributed by atoms with Crippen LogP contribution in [0.5, 0.6) is 0 Å². The molecular weight excluding hydrogens is 324 g/mol. The van der Waals surface area contributed by atoms with E-state index in [0.29, 0.717) is 6.61 Å². The minimum atomic E-state index is -3.26. The molecule has 0 bridgehead atoms. The molecule has 5 heteroatoms. The van der Waals surface area contributed by atoms with Crippen LogP contribution in [0.2, 0.25) is 0 Å². The van der Waals surface area contributed by atoms with E-state index in [1.807, 2.05) is 0 Å². The van der Waals surface area contributed by atoms with Crippen molar-refractivity contribution in [3.8, 4) is 0 Å². The van der Waals surface area contributed by atoms with Gasteiger partial charge >= 0.3 is 37.7 Å². The van der Waals surface area contributed by atoms with Gasteiger partial charge in [0.2, 0.25) is 0 Å². The molecule has 0 aromatic rings. The Hall–Kier alpha value is 1.17. The fourth-order valence-corrected chi connectivity index (χ4v) is 3.41. The fraction of sp³-hybridized carbons (Fsp3) is 1.00. The molecule has 0 atom stereocenters. The third kappa shape index (κ3) is 19.2. The first kappa shape index (κ1) is 25.4. The summed E-state index contributed by atoms with van der Waals surface area (Å²) in [6.45, 7) is 4.67. The molecule has 0 saturated carbocycles. The molecule has 0 saturated heterocycles. The molecule has 0 aliphatic carbocycles. The Morgan fingerprint density at radius 3 is 1.55 bits per heavy atom. The molecule has 0 aromatic carbocycles. The van der Waals surface area contributed by atoms with Crippen LogP contribution < -0.4 is 0 Å². The van der Waals surface area contributed by atoms with Crippen LogP contribution in [0, 0.1) is 0 Å². The van der Waals surface area contributed by atoms with E-state index in [1.54, 1.807) is 0 Å². The van der Waals surface area contributed by atoms with E-state index in [1.165, 1.54) is 51.4 Å². The fourth-order valence-electron chi connectivity index (χ4n) is 2.36. The number of unbranched alkanes of at least 4 members (excludes halogenated alkanes) is 11. The summed E-state index contributed by atoms with van der Waals surface area (Å²) in [5.74, 6) is 0.179. The van der Waals surface area contributed by atoms with Gasteiger partial charge in [0.05, 0.1) is 12.4 Å². The number of hydrogen-bond acceptors (Lipinski definition) is 3. The first-order valence-electron chi connectivity index (χ1n) is 8.99. The van der Waals surface area contributed by atoms with E-state index in [0.717, 1.165) is 32.1 Å². The van der Waals surface area contributed by atoms with Crippen molar-refractivity contribution in [3.05, 3.63) is 0 Å². The normalized spacial score (nSPS) is 11.4. The molecule has 0 heterocycles. The molecule has 3 nitrogen and oxygen atoms in total. The average molecular weight is 363 g/mol. The van der Waals surface area contributed by atoms with Crippen LogP contribution in [0.25, 0.3) is 0 Å². The Morgan fingerprint density at radius 1 is 0.636 bits per heavy atom. The molecule has 0 radical (unpaired) electrons. The molecule has 0 spiro atoms. The van der Waals surface area contributed by atoms with Gasteiger partial charge < -0.3 is 0 Å². The number of rotatable bonds is 16. The molecule has 22 heavy (non-hydrogen) atoms. The maximum atomic E-state index is 11.5. The molecule has 0 unspecified atom stereocenters. The van der Waals surface area contributed by atoms with Crippen molar-refractivity contribution in [1.29, 1.82) is 0 Å². The predicted octanol–water partition coefficient (Wildman–Crippen LogP) is 4.53. The van der Waals surface area contributed by atoms with Gasteiger partial charge in [0.15, 0.2) is 0 Å². The van der Waals surface area contributed by atoms with Crippen molar-refractivity contribution >= 4 is 47.9 Å². The van der Waals surface area contributed by atoms with Crippen LogP contribution >= 0.6 is 0 Å². The quantitative estimate of drug-likeness (QED) is 0.230. The zero-order valence-electron chi connectivity index (χ0n) is 14.2. The molecular formula is C17H38CaO3S. The Morgan fingerprint density at radius 2 is 1.05 bits per heavy atom. The third-order valence-corrected chi connectivity index (χ3v) is 5.07. The van der Waals surface area contributed by atoms with Gasteiger partial charge in [-0.3, -0.25) is 4.18 Å². The van der Waals surface area contributed by atoms with Crippen molar-refractivity contribution in [1.82, 2.24) is 0 Å². The van der Waals surface area contributed by atoms with Crippen molar-refractivity contribution in [2.24, 2.45) is 0 Å². The van der Waals surface area contributed by atoms with Crippen LogP contribution in [-0.4, -0.2) is 58.5 Å². The van der Waals surface area contributed by atoms with Crippen LogP contribution in [0.15, 0.2) is 0 Å². The molecule has 0 aliphatic heterocycles. The summed E-state index contributed by atoms with van der Waals surface area (Å²) in [7, 11) is -3.26. The van der Waals surface area contributed by atoms with Gasteiger partial charge in [-0.2, -0.15) is 8.42 Å². The first-order valence-corrected chi connectivity index (χ1v) is 10.6. The van der Waals surface area contributed by atoms with Gasteiger partial charge in [0.1, 0.15) is 0 Å². The van der Waals surface area contributed by atoms with E-state index in [-0.39, 0.29) is 43.5 Å². The van der Waals surface area contributed by atoms with Gasteiger partial charge in [0, 0.05) is 0 Å². The summed E-state index contributed by atoms with van der Waals surface area (Å²) in [6, 6.07) is 0. The summed E-state index contributed by atoms with van der Waals surface area (Å²) >= 11 is 0. The number of hydrogen-bond donors (Lipinski definition) is 0. The summed E-state index contributed by atoms with van der Waals surface area (Å²) in [5, 5.41) is 0. The van der Waals surface area contributed by atoms with E-state index in [4.69, 9.17) is 4.18 Å². The predicted molar refractivity (Wildman–Crippen MR) is 99.7 cm³/mol. The van der Waals surface area contributed by atoms with Gasteiger partial charge in [-0.25, -0.2) is 0 Å². The summed E-state index contributed by atoms with van der Waals surface area (Å²) < 4.78 is 28.1. The van der Waals surface area contributed by atoms with Gasteiger partial charge in [-0.05, 0) is 12.8 Å². The van der Waals surface area contributed by atoms with Crippen molar-refractivity contribution in [3.63, 3.8) is 0 Å². The van der Waals surface area contributed by atoms with E-state index in [9.17, 15) is 8.42 Å². The summed E-state index contributed by atoms with van der Waals surface area (Å²) in [5.41, 5.74) is 0. The zero-order chi connectivity index (χ0) is 15.8. The van der Waals surface area contributed by atoms with Crippen LogP contribution in [0.4, 0.5) is 0 Å². The summed E-state index contributed by atoms with van der Waals surface area (Å²) in [4.78, 5) is 0. The standard InChI is InChI=1S/C17H36O3S.Ca.2H/c1-3-5-7-8-9-10-11-12-13-14-16-20-21(18,19)17-15-6-4-2;;;/h3-17H2,1-2H3;;;. The minimum absolute atomic E-state index is 0. The SMILES string of the molecule is CCCCCCCCCCCCOS(=O)(=O)CCCCC.[CaH2]. The summed E-state index contributed by atoms with van der Waals surface area (Å²) in [6.07, 6.45) is 15.2. The Bertz CT molecular complexity index is 305. The van der Waals surface area contributed by atoms with Crippen LogP contribution in [-0.2, 0) is 14.3 Å². The Kier molecular flexibility index (Phi) is 21.4. The first-order chi connectivity index (χ1) is 10.1. The van der Waals surface area contributed by atoms with Crippen LogP contribution in [0.3, 0.4) is 0 Å². The van der Waals surface area contributed by atoms with Gasteiger partial charge in [0.25, 0.3) is 10.1 Å². The van der Waals surface area contributed by atoms with E-state index in [2.05, 4.69) is 13.8 Å². The molecule has 0 aliphatic rings. The second-order valence-corrected chi connectivity index (χ2v) is 7.73. The molecule has 0 rings (SSSR count). The van der Waals surface area contributed by atoms with E-state index < -0.39 is 10.1 Å². The van der Waals surface area contributed by atoms with E-state index >= 15 is 0 Å². The monoisotopic (exact) mass is 362 g/mol. The molecule has 132 valence electrons. The zero-order valence-corrected chi connectivity index (χ0v) is 15.1. The van der Waals surface area contributed by atoms with Crippen LogP contribution in [0.1, 0.15) is 97.3 Å². The molecule has 0 fully saturated rings. The van der Waals surface area contributed by atoms with Gasteiger partial charge in [-0.1, -0.05) is 84.5 Å². The Balaban J connectivity index is 0. The second-order valence-electron chi connectivity index (χ2n) is 5.97. The average Bonchev–Trinajstić information content (AvgIpc) is 2.45.